The van der Waals surface area contributed by atoms with Crippen molar-refractivity contribution in [2.24, 2.45) is 0 Å². The van der Waals surface area contributed by atoms with E-state index in [4.69, 9.17) is 4.74 Å². The summed E-state index contributed by atoms with van der Waals surface area (Å²) in [6.45, 7) is 9.61. The summed E-state index contributed by atoms with van der Waals surface area (Å²) in [5.41, 5.74) is 4.11. The minimum Gasteiger partial charge on any atom is -0.379 e. The predicted octanol–water partition coefficient (Wildman–Crippen LogP) is 2.59. The highest BCUT2D eigenvalue weighted by atomic mass is 16.5. The van der Waals surface area contributed by atoms with Crippen molar-refractivity contribution in [2.75, 3.05) is 38.2 Å². The second-order valence-corrected chi connectivity index (χ2v) is 7.61. The van der Waals surface area contributed by atoms with E-state index in [1.807, 2.05) is 22.8 Å². The Morgan fingerprint density at radius 1 is 1.14 bits per heavy atom. The van der Waals surface area contributed by atoms with Crippen LogP contribution in [0.2, 0.25) is 0 Å². The lowest BCUT2D eigenvalue weighted by molar-refractivity contribution is 0.0371. The zero-order valence-corrected chi connectivity index (χ0v) is 17.1. The first kappa shape index (κ1) is 19.6. The van der Waals surface area contributed by atoms with E-state index < -0.39 is 0 Å². The third kappa shape index (κ3) is 4.65. The van der Waals surface area contributed by atoms with Crippen LogP contribution in [0.1, 0.15) is 24.0 Å². The lowest BCUT2D eigenvalue weighted by Gasteiger charge is -2.26. The van der Waals surface area contributed by atoms with E-state index in [2.05, 4.69) is 39.0 Å². The number of hydrogen-bond donors (Lipinski definition) is 2. The van der Waals surface area contributed by atoms with Crippen LogP contribution in [0.25, 0.3) is 11.2 Å². The Kier molecular flexibility index (Phi) is 5.92. The number of nitrogens with zero attached hydrogens (tertiary/aromatic N) is 4. The van der Waals surface area contributed by atoms with Crippen molar-refractivity contribution in [1.29, 1.82) is 0 Å². The molecule has 1 aliphatic rings. The maximum atomic E-state index is 12.7. The van der Waals surface area contributed by atoms with Gasteiger partial charge in [-0.05, 0) is 56.5 Å². The molecule has 4 rings (SSSR count). The SMILES string of the molecule is Cc1ccc(Nc2nc3ncn(CCCCN4CCOCC4)c3c(=O)[nH]2)cc1C. The molecule has 0 radical (unpaired) electrons. The van der Waals surface area contributed by atoms with Crippen LogP contribution < -0.4 is 10.9 Å². The first-order valence-electron chi connectivity index (χ1n) is 10.2. The second-order valence-electron chi connectivity index (χ2n) is 7.61. The average molecular weight is 396 g/mol. The first-order valence-corrected chi connectivity index (χ1v) is 10.2. The lowest BCUT2D eigenvalue weighted by atomic mass is 10.1. The molecule has 0 atom stereocenters. The smallest absolute Gasteiger partial charge is 0.278 e. The number of fused-ring (bicyclic) bond motifs is 1. The molecular formula is C21H28N6O2. The number of rotatable bonds is 7. The number of anilines is 2. The van der Waals surface area contributed by atoms with Crippen LogP contribution in [0.3, 0.4) is 0 Å². The Bertz CT molecular complexity index is 1040. The molecule has 3 aromatic rings. The number of unbranched alkanes of at least 4 members (excludes halogenated alkanes) is 1. The molecule has 1 fully saturated rings. The quantitative estimate of drug-likeness (QED) is 0.597. The van der Waals surface area contributed by atoms with Gasteiger partial charge in [-0.15, -0.1) is 0 Å². The Hall–Kier alpha value is -2.71. The normalized spacial score (nSPS) is 15.1. The number of benzene rings is 1. The van der Waals surface area contributed by atoms with Gasteiger partial charge in [0.05, 0.1) is 19.5 Å². The van der Waals surface area contributed by atoms with Crippen LogP contribution in [-0.2, 0) is 11.3 Å². The van der Waals surface area contributed by atoms with Gasteiger partial charge in [-0.1, -0.05) is 6.07 Å². The molecule has 0 bridgehead atoms. The van der Waals surface area contributed by atoms with Crippen LogP contribution in [0.5, 0.6) is 0 Å². The Morgan fingerprint density at radius 2 is 1.93 bits per heavy atom. The molecule has 8 nitrogen and oxygen atoms in total. The first-order chi connectivity index (χ1) is 14.1. The zero-order valence-electron chi connectivity index (χ0n) is 17.1. The molecular weight excluding hydrogens is 368 g/mol. The fraction of sp³-hybridized carbons (Fsp3) is 0.476. The van der Waals surface area contributed by atoms with Crippen molar-refractivity contribution >= 4 is 22.8 Å². The van der Waals surface area contributed by atoms with Crippen molar-refractivity contribution in [3.63, 3.8) is 0 Å². The zero-order chi connectivity index (χ0) is 20.2. The number of aromatic nitrogens is 4. The lowest BCUT2D eigenvalue weighted by Crippen LogP contribution is -2.36. The highest BCUT2D eigenvalue weighted by molar-refractivity contribution is 5.71. The maximum absolute atomic E-state index is 12.7. The molecule has 0 aliphatic carbocycles. The van der Waals surface area contributed by atoms with Crippen molar-refractivity contribution < 1.29 is 4.74 Å². The summed E-state index contributed by atoms with van der Waals surface area (Å²) in [6, 6.07) is 6.05. The summed E-state index contributed by atoms with van der Waals surface area (Å²) in [4.78, 5) is 26.8. The average Bonchev–Trinajstić information content (AvgIpc) is 3.12. The summed E-state index contributed by atoms with van der Waals surface area (Å²) in [6.07, 6.45) is 3.78. The summed E-state index contributed by atoms with van der Waals surface area (Å²) < 4.78 is 7.28. The van der Waals surface area contributed by atoms with Gasteiger partial charge in [-0.3, -0.25) is 14.7 Å². The van der Waals surface area contributed by atoms with Gasteiger partial charge < -0.3 is 14.6 Å². The Labute approximate surface area is 169 Å². The minimum absolute atomic E-state index is 0.174. The van der Waals surface area contributed by atoms with Gasteiger partial charge in [-0.25, -0.2) is 4.98 Å². The monoisotopic (exact) mass is 396 g/mol. The van der Waals surface area contributed by atoms with Crippen molar-refractivity contribution in [2.45, 2.75) is 33.2 Å². The van der Waals surface area contributed by atoms with Crippen LogP contribution in [0, 0.1) is 13.8 Å². The number of hydrogen-bond acceptors (Lipinski definition) is 6. The topological polar surface area (TPSA) is 88.1 Å². The summed E-state index contributed by atoms with van der Waals surface area (Å²) in [5.74, 6) is 0.406. The fourth-order valence-corrected chi connectivity index (χ4v) is 3.61. The molecule has 8 heteroatoms. The molecule has 0 amide bonds. The molecule has 2 aromatic heterocycles. The number of ether oxygens (including phenoxy) is 1. The molecule has 0 spiro atoms. The summed E-state index contributed by atoms with van der Waals surface area (Å²) in [5, 5.41) is 3.17. The molecule has 2 N–H and O–H groups in total. The number of H-pyrrole nitrogens is 1. The van der Waals surface area contributed by atoms with E-state index in [0.717, 1.165) is 57.9 Å². The fourth-order valence-electron chi connectivity index (χ4n) is 3.61. The van der Waals surface area contributed by atoms with E-state index in [1.54, 1.807) is 6.33 Å². The highest BCUT2D eigenvalue weighted by Crippen LogP contribution is 2.18. The van der Waals surface area contributed by atoms with Crippen molar-refractivity contribution in [3.05, 3.63) is 46.0 Å². The summed E-state index contributed by atoms with van der Waals surface area (Å²) >= 11 is 0. The van der Waals surface area contributed by atoms with E-state index in [0.29, 0.717) is 17.1 Å². The standard InChI is InChI=1S/C21H28N6O2/c1-15-5-6-17(13-16(15)2)23-21-24-19-18(20(28)25-21)27(14-22-19)8-4-3-7-26-9-11-29-12-10-26/h5-6,13-14H,3-4,7-12H2,1-2H3,(H2,23,24,25,28). The number of imidazole rings is 1. The third-order valence-electron chi connectivity index (χ3n) is 5.48. The van der Waals surface area contributed by atoms with Gasteiger partial charge in [0.2, 0.25) is 5.95 Å². The van der Waals surface area contributed by atoms with E-state index in [-0.39, 0.29) is 5.56 Å². The molecule has 154 valence electrons. The van der Waals surface area contributed by atoms with Crippen molar-refractivity contribution in [3.8, 4) is 0 Å². The predicted molar refractivity (Wildman–Crippen MR) is 114 cm³/mol. The molecule has 29 heavy (non-hydrogen) atoms. The van der Waals surface area contributed by atoms with Crippen LogP contribution in [0.15, 0.2) is 29.3 Å². The van der Waals surface area contributed by atoms with Gasteiger partial charge >= 0.3 is 0 Å². The molecule has 1 aromatic carbocycles. The van der Waals surface area contributed by atoms with Crippen molar-refractivity contribution in [1.82, 2.24) is 24.4 Å². The number of aryl methyl sites for hydroxylation is 3. The Morgan fingerprint density at radius 3 is 2.72 bits per heavy atom. The number of morpholine rings is 1. The Balaban J connectivity index is 1.41. The van der Waals surface area contributed by atoms with Gasteiger partial charge in [0.15, 0.2) is 11.2 Å². The van der Waals surface area contributed by atoms with E-state index in [9.17, 15) is 4.79 Å². The summed E-state index contributed by atoms with van der Waals surface area (Å²) in [7, 11) is 0. The van der Waals surface area contributed by atoms with Gasteiger partial charge in [0, 0.05) is 25.3 Å². The molecule has 3 heterocycles. The third-order valence-corrected chi connectivity index (χ3v) is 5.48. The number of nitrogens with one attached hydrogen (secondary N) is 2. The molecule has 0 unspecified atom stereocenters. The second kappa shape index (κ2) is 8.75. The minimum atomic E-state index is -0.174. The van der Waals surface area contributed by atoms with Gasteiger partial charge in [0.1, 0.15) is 0 Å². The molecule has 0 saturated carbocycles. The van der Waals surface area contributed by atoms with E-state index in [1.165, 1.54) is 11.1 Å². The maximum Gasteiger partial charge on any atom is 0.278 e. The molecule has 1 saturated heterocycles. The molecule has 1 aliphatic heterocycles. The van der Waals surface area contributed by atoms with Gasteiger partial charge in [0.25, 0.3) is 5.56 Å². The van der Waals surface area contributed by atoms with E-state index >= 15 is 0 Å². The van der Waals surface area contributed by atoms with Crippen LogP contribution in [0.4, 0.5) is 11.6 Å². The highest BCUT2D eigenvalue weighted by Gasteiger charge is 2.12. The number of aromatic amines is 1. The van der Waals surface area contributed by atoms with Crippen LogP contribution in [-0.4, -0.2) is 57.3 Å². The van der Waals surface area contributed by atoms with Crippen LogP contribution >= 0.6 is 0 Å². The van der Waals surface area contributed by atoms with Gasteiger partial charge in [-0.2, -0.15) is 4.98 Å². The largest absolute Gasteiger partial charge is 0.379 e.